The van der Waals surface area contributed by atoms with Gasteiger partial charge in [0.1, 0.15) is 13.2 Å². The Morgan fingerprint density at radius 1 is 1.05 bits per heavy atom. The largest absolute Gasteiger partial charge is 0.459 e. The van der Waals surface area contributed by atoms with Gasteiger partial charge in [0, 0.05) is 11.1 Å². The van der Waals surface area contributed by atoms with Crippen LogP contribution in [-0.2, 0) is 19.1 Å². The Morgan fingerprint density at radius 3 is 1.95 bits per heavy atom. The number of rotatable bonds is 6. The number of hydrogen-bond donors (Lipinski definition) is 0. The number of carbonyl (C=O) groups is 2. The summed E-state index contributed by atoms with van der Waals surface area (Å²) in [6.07, 6.45) is 2.67. The van der Waals surface area contributed by atoms with Crippen LogP contribution in [0.1, 0.15) is 41.0 Å². The summed E-state index contributed by atoms with van der Waals surface area (Å²) in [6.45, 7) is 13.1. The van der Waals surface area contributed by atoms with Gasteiger partial charge in [-0.3, -0.25) is 0 Å². The molecule has 0 saturated carbocycles. The highest BCUT2D eigenvalue weighted by atomic mass is 16.6. The average molecular weight is 268 g/mol. The molecule has 0 radical (unpaired) electrons. The first kappa shape index (κ1) is 17.4. The van der Waals surface area contributed by atoms with Crippen molar-refractivity contribution < 1.29 is 19.1 Å². The van der Waals surface area contributed by atoms with Crippen LogP contribution < -0.4 is 0 Å². The summed E-state index contributed by atoms with van der Waals surface area (Å²) in [5, 5.41) is 0. The molecule has 0 aliphatic carbocycles. The third kappa shape index (κ3) is 9.05. The van der Waals surface area contributed by atoms with Crippen molar-refractivity contribution in [3.05, 3.63) is 23.8 Å². The van der Waals surface area contributed by atoms with Crippen LogP contribution in [0.15, 0.2) is 23.8 Å². The second kappa shape index (κ2) is 7.77. The lowest BCUT2D eigenvalue weighted by Crippen LogP contribution is -2.15. The molecule has 0 heterocycles. The number of hydrogen-bond acceptors (Lipinski definition) is 4. The average Bonchev–Trinajstić information content (AvgIpc) is 2.29. The fourth-order valence-electron chi connectivity index (χ4n) is 1.05. The van der Waals surface area contributed by atoms with Gasteiger partial charge in [-0.2, -0.15) is 0 Å². The van der Waals surface area contributed by atoms with E-state index in [0.717, 1.165) is 6.42 Å². The molecule has 0 unspecified atom stereocenters. The number of esters is 2. The highest BCUT2D eigenvalue weighted by Gasteiger charge is 2.11. The summed E-state index contributed by atoms with van der Waals surface area (Å²) in [7, 11) is 0. The molecule has 4 nitrogen and oxygen atoms in total. The molecule has 0 aliphatic heterocycles. The van der Waals surface area contributed by atoms with Crippen LogP contribution >= 0.6 is 0 Å². The van der Waals surface area contributed by atoms with Gasteiger partial charge in [-0.15, -0.1) is 0 Å². The van der Waals surface area contributed by atoms with Gasteiger partial charge in [0.25, 0.3) is 0 Å². The minimum absolute atomic E-state index is 0.0456. The fourth-order valence-corrected chi connectivity index (χ4v) is 1.05. The van der Waals surface area contributed by atoms with Crippen molar-refractivity contribution in [2.75, 3.05) is 13.2 Å². The number of allylic oxidation sites excluding steroid dienone is 1. The first-order valence-corrected chi connectivity index (χ1v) is 6.30. The van der Waals surface area contributed by atoms with Gasteiger partial charge in [0.05, 0.1) is 0 Å². The molecule has 0 rings (SSSR count). The minimum Gasteiger partial charge on any atom is -0.459 e. The smallest absolute Gasteiger partial charge is 0.333 e. The van der Waals surface area contributed by atoms with E-state index in [2.05, 4.69) is 27.4 Å². The van der Waals surface area contributed by atoms with E-state index in [9.17, 15) is 9.59 Å². The van der Waals surface area contributed by atoms with Crippen LogP contribution in [0, 0.1) is 5.41 Å². The molecule has 4 heteroatoms. The Kier molecular flexibility index (Phi) is 7.12. The molecule has 0 aliphatic rings. The Morgan fingerprint density at radius 2 is 1.53 bits per heavy atom. The molecule has 0 aromatic heterocycles. The van der Waals surface area contributed by atoms with Gasteiger partial charge in [0.2, 0.25) is 0 Å². The minimum atomic E-state index is -0.476. The molecule has 0 aromatic carbocycles. The highest BCUT2D eigenvalue weighted by molar-refractivity contribution is 5.88. The predicted molar refractivity (Wildman–Crippen MR) is 74.6 cm³/mol. The molecule has 0 N–H and O–H groups in total. The van der Waals surface area contributed by atoms with E-state index >= 15 is 0 Å². The molecular formula is C15H24O4. The van der Waals surface area contributed by atoms with Crippen LogP contribution in [0.25, 0.3) is 0 Å². The molecule has 0 amide bonds. The maximum Gasteiger partial charge on any atom is 0.333 e. The van der Waals surface area contributed by atoms with E-state index in [-0.39, 0.29) is 24.6 Å². The molecule has 0 fully saturated rings. The van der Waals surface area contributed by atoms with E-state index in [1.165, 1.54) is 0 Å². The van der Waals surface area contributed by atoms with Crippen LogP contribution in [0.4, 0.5) is 0 Å². The van der Waals surface area contributed by atoms with Gasteiger partial charge >= 0.3 is 11.9 Å². The Bertz CT molecular complexity index is 372. The summed E-state index contributed by atoms with van der Waals surface area (Å²) in [4.78, 5) is 22.7. The maximum atomic E-state index is 11.6. The molecule has 0 aromatic rings. The lowest BCUT2D eigenvalue weighted by atomic mass is 9.91. The predicted octanol–water partition coefficient (Wildman–Crippen LogP) is 3.03. The second-order valence-electron chi connectivity index (χ2n) is 5.70. The van der Waals surface area contributed by atoms with Gasteiger partial charge in [-0.1, -0.05) is 33.4 Å². The Balaban J connectivity index is 3.98. The van der Waals surface area contributed by atoms with Gasteiger partial charge in [-0.25, -0.2) is 9.59 Å². The molecule has 0 saturated heterocycles. The highest BCUT2D eigenvalue weighted by Crippen LogP contribution is 2.20. The van der Waals surface area contributed by atoms with Crippen molar-refractivity contribution >= 4 is 11.9 Å². The van der Waals surface area contributed by atoms with E-state index in [0.29, 0.717) is 11.1 Å². The van der Waals surface area contributed by atoms with Crippen LogP contribution in [0.5, 0.6) is 0 Å². The van der Waals surface area contributed by atoms with Crippen molar-refractivity contribution in [2.45, 2.75) is 41.0 Å². The van der Waals surface area contributed by atoms with Crippen LogP contribution in [0.3, 0.4) is 0 Å². The standard InChI is InChI=1S/C15H24O4/c1-11(2)13(16)18-9-10-19-14(17)12(3)7-8-15(4,5)6/h7H,1,8-10H2,2-6H3. The first-order valence-electron chi connectivity index (χ1n) is 6.30. The normalized spacial score (nSPS) is 11.9. The van der Waals surface area contributed by atoms with Crippen molar-refractivity contribution in [1.82, 2.24) is 0 Å². The van der Waals surface area contributed by atoms with E-state index in [1.807, 2.05) is 6.08 Å². The van der Waals surface area contributed by atoms with Gasteiger partial charge in [0.15, 0.2) is 0 Å². The molecule has 0 bridgehead atoms. The maximum absolute atomic E-state index is 11.6. The summed E-state index contributed by atoms with van der Waals surface area (Å²) in [5.41, 5.74) is 1.03. The molecule has 19 heavy (non-hydrogen) atoms. The molecule has 108 valence electrons. The lowest BCUT2D eigenvalue weighted by molar-refractivity contribution is -0.147. The number of ether oxygens (including phenoxy) is 2. The second-order valence-corrected chi connectivity index (χ2v) is 5.70. The van der Waals surface area contributed by atoms with E-state index < -0.39 is 5.97 Å². The first-order chi connectivity index (χ1) is 8.63. The van der Waals surface area contributed by atoms with Crippen molar-refractivity contribution in [2.24, 2.45) is 5.41 Å². The van der Waals surface area contributed by atoms with Crippen molar-refractivity contribution in [3.8, 4) is 0 Å². The van der Waals surface area contributed by atoms with Crippen LogP contribution in [0.2, 0.25) is 0 Å². The van der Waals surface area contributed by atoms with Crippen molar-refractivity contribution in [3.63, 3.8) is 0 Å². The topological polar surface area (TPSA) is 52.6 Å². The molecular weight excluding hydrogens is 244 g/mol. The van der Waals surface area contributed by atoms with Gasteiger partial charge in [-0.05, 0) is 25.7 Å². The fraction of sp³-hybridized carbons (Fsp3) is 0.600. The summed E-state index contributed by atoms with van der Waals surface area (Å²) >= 11 is 0. The zero-order valence-electron chi connectivity index (χ0n) is 12.5. The van der Waals surface area contributed by atoms with Crippen LogP contribution in [-0.4, -0.2) is 25.2 Å². The zero-order valence-corrected chi connectivity index (χ0v) is 12.5. The zero-order chi connectivity index (χ0) is 15.1. The summed E-state index contributed by atoms with van der Waals surface area (Å²) in [6, 6.07) is 0. The number of carbonyl (C=O) groups excluding carboxylic acids is 2. The third-order valence-corrected chi connectivity index (χ3v) is 2.24. The van der Waals surface area contributed by atoms with E-state index in [1.54, 1.807) is 13.8 Å². The van der Waals surface area contributed by atoms with E-state index in [4.69, 9.17) is 9.47 Å². The Hall–Kier alpha value is -1.58. The summed E-state index contributed by atoms with van der Waals surface area (Å²) < 4.78 is 9.80. The SMILES string of the molecule is C=C(C)C(=O)OCCOC(=O)C(C)=CCC(C)(C)C. The lowest BCUT2D eigenvalue weighted by Gasteiger charge is -2.15. The molecule has 0 atom stereocenters. The quantitative estimate of drug-likeness (QED) is 0.422. The van der Waals surface area contributed by atoms with Crippen molar-refractivity contribution in [1.29, 1.82) is 0 Å². The summed E-state index contributed by atoms with van der Waals surface area (Å²) in [5.74, 6) is -0.855. The monoisotopic (exact) mass is 268 g/mol. The Labute approximate surface area is 115 Å². The van der Waals surface area contributed by atoms with Gasteiger partial charge < -0.3 is 9.47 Å². The third-order valence-electron chi connectivity index (χ3n) is 2.24. The molecule has 0 spiro atoms.